The first-order valence-electron chi connectivity index (χ1n) is 5.26. The lowest BCUT2D eigenvalue weighted by molar-refractivity contribution is -0.141. The summed E-state index contributed by atoms with van der Waals surface area (Å²) in [6, 6.07) is 0.221. The Balaban J connectivity index is 2.10. The van der Waals surface area contributed by atoms with Crippen molar-refractivity contribution in [3.8, 4) is 0 Å². The minimum absolute atomic E-state index is 0.139. The molecule has 0 bridgehead atoms. The molecule has 0 aliphatic heterocycles. The van der Waals surface area contributed by atoms with Gasteiger partial charge in [-0.2, -0.15) is 0 Å². The molecule has 0 aromatic carbocycles. The highest BCUT2D eigenvalue weighted by Gasteiger charge is 2.44. The number of carbonyl (C=O) groups excluding carboxylic acids is 1. The second-order valence-electron chi connectivity index (χ2n) is 4.98. The lowest BCUT2D eigenvalue weighted by Gasteiger charge is -2.12. The number of esters is 1. The summed E-state index contributed by atoms with van der Waals surface area (Å²) in [6.07, 6.45) is 1.76. The van der Waals surface area contributed by atoms with Gasteiger partial charge in [0.25, 0.3) is 0 Å². The van der Waals surface area contributed by atoms with Crippen LogP contribution in [-0.2, 0) is 9.53 Å². The number of carbonyl (C=O) groups is 1. The van der Waals surface area contributed by atoms with Crippen LogP contribution in [0.3, 0.4) is 0 Å². The van der Waals surface area contributed by atoms with Gasteiger partial charge in [0, 0.05) is 6.04 Å². The molecule has 1 saturated carbocycles. The Morgan fingerprint density at radius 3 is 2.64 bits per heavy atom. The molecule has 2 unspecified atom stereocenters. The standard InChI is InChI=1S/C11H21NO2/c1-8(5-10(13)14-4)12-7-9-6-11(9,2)3/h8-9,12H,5-7H2,1-4H3. The lowest BCUT2D eigenvalue weighted by Crippen LogP contribution is -2.31. The maximum absolute atomic E-state index is 10.9. The summed E-state index contributed by atoms with van der Waals surface area (Å²) in [7, 11) is 1.43. The first-order valence-corrected chi connectivity index (χ1v) is 5.26. The lowest BCUT2D eigenvalue weighted by atomic mass is 10.1. The first kappa shape index (κ1) is 11.5. The fourth-order valence-corrected chi connectivity index (χ4v) is 1.67. The fourth-order valence-electron chi connectivity index (χ4n) is 1.67. The van der Waals surface area contributed by atoms with Gasteiger partial charge in [-0.25, -0.2) is 0 Å². The molecule has 1 fully saturated rings. The average molecular weight is 199 g/mol. The van der Waals surface area contributed by atoms with Crippen molar-refractivity contribution in [1.29, 1.82) is 0 Å². The maximum Gasteiger partial charge on any atom is 0.307 e. The van der Waals surface area contributed by atoms with Crippen molar-refractivity contribution < 1.29 is 9.53 Å². The normalized spacial score (nSPS) is 25.6. The number of methoxy groups -OCH3 is 1. The molecule has 0 radical (unpaired) electrons. The predicted octanol–water partition coefficient (Wildman–Crippen LogP) is 1.57. The third-order valence-electron chi connectivity index (χ3n) is 3.13. The molecule has 0 saturated heterocycles. The average Bonchev–Trinajstić information content (AvgIpc) is 2.70. The van der Waals surface area contributed by atoms with Gasteiger partial charge in [-0.3, -0.25) is 4.79 Å². The van der Waals surface area contributed by atoms with Crippen LogP contribution < -0.4 is 5.32 Å². The molecule has 0 aromatic heterocycles. The number of hydrogen-bond donors (Lipinski definition) is 1. The van der Waals surface area contributed by atoms with Crippen LogP contribution in [-0.4, -0.2) is 25.7 Å². The second-order valence-corrected chi connectivity index (χ2v) is 4.98. The van der Waals surface area contributed by atoms with E-state index in [1.54, 1.807) is 0 Å². The summed E-state index contributed by atoms with van der Waals surface area (Å²) in [5.74, 6) is 0.641. The zero-order chi connectivity index (χ0) is 10.8. The van der Waals surface area contributed by atoms with Crippen LogP contribution in [0, 0.1) is 11.3 Å². The summed E-state index contributed by atoms with van der Waals surface area (Å²) >= 11 is 0. The Bertz CT molecular complexity index is 213. The molecule has 82 valence electrons. The molecular formula is C11H21NO2. The Labute approximate surface area is 86.2 Å². The van der Waals surface area contributed by atoms with Crippen molar-refractivity contribution in [2.45, 2.75) is 39.7 Å². The van der Waals surface area contributed by atoms with Gasteiger partial charge in [0.05, 0.1) is 13.5 Å². The molecule has 1 rings (SSSR count). The van der Waals surface area contributed by atoms with Crippen LogP contribution in [0.2, 0.25) is 0 Å². The summed E-state index contributed by atoms with van der Waals surface area (Å²) in [6.45, 7) is 7.60. The van der Waals surface area contributed by atoms with Crippen molar-refractivity contribution in [3.63, 3.8) is 0 Å². The van der Waals surface area contributed by atoms with Crippen LogP contribution in [0.4, 0.5) is 0 Å². The van der Waals surface area contributed by atoms with E-state index in [0.29, 0.717) is 11.8 Å². The van der Waals surface area contributed by atoms with Gasteiger partial charge >= 0.3 is 5.97 Å². The smallest absolute Gasteiger partial charge is 0.307 e. The topological polar surface area (TPSA) is 38.3 Å². The van der Waals surface area contributed by atoms with E-state index < -0.39 is 0 Å². The van der Waals surface area contributed by atoms with Gasteiger partial charge in [-0.05, 0) is 31.2 Å². The van der Waals surface area contributed by atoms with Crippen molar-refractivity contribution >= 4 is 5.97 Å². The zero-order valence-electron chi connectivity index (χ0n) is 9.59. The summed E-state index contributed by atoms with van der Waals surface area (Å²) < 4.78 is 4.61. The predicted molar refractivity (Wildman–Crippen MR) is 56.0 cm³/mol. The molecule has 14 heavy (non-hydrogen) atoms. The molecule has 0 aromatic rings. The van der Waals surface area contributed by atoms with Crippen molar-refractivity contribution in [3.05, 3.63) is 0 Å². The van der Waals surface area contributed by atoms with E-state index in [2.05, 4.69) is 23.9 Å². The third-order valence-corrected chi connectivity index (χ3v) is 3.13. The van der Waals surface area contributed by atoms with Gasteiger partial charge in [0.15, 0.2) is 0 Å². The van der Waals surface area contributed by atoms with Crippen LogP contribution in [0.25, 0.3) is 0 Å². The quantitative estimate of drug-likeness (QED) is 0.683. The molecule has 0 amide bonds. The van der Waals surface area contributed by atoms with Gasteiger partial charge in [-0.1, -0.05) is 13.8 Å². The summed E-state index contributed by atoms with van der Waals surface area (Å²) in [5, 5.41) is 3.36. The first-order chi connectivity index (χ1) is 6.45. The van der Waals surface area contributed by atoms with Gasteiger partial charge in [0.2, 0.25) is 0 Å². The largest absolute Gasteiger partial charge is 0.469 e. The zero-order valence-corrected chi connectivity index (χ0v) is 9.59. The minimum atomic E-state index is -0.139. The highest BCUT2D eigenvalue weighted by atomic mass is 16.5. The van der Waals surface area contributed by atoms with Gasteiger partial charge in [0.1, 0.15) is 0 Å². The highest BCUT2D eigenvalue weighted by molar-refractivity contribution is 5.69. The Morgan fingerprint density at radius 1 is 1.64 bits per heavy atom. The molecule has 1 aliphatic rings. The Hall–Kier alpha value is -0.570. The molecule has 1 aliphatic carbocycles. The van der Waals surface area contributed by atoms with E-state index in [4.69, 9.17) is 0 Å². The van der Waals surface area contributed by atoms with E-state index in [9.17, 15) is 4.79 Å². The summed E-state index contributed by atoms with van der Waals surface area (Å²) in [5.41, 5.74) is 0.512. The van der Waals surface area contributed by atoms with Crippen molar-refractivity contribution in [2.24, 2.45) is 11.3 Å². The van der Waals surface area contributed by atoms with Gasteiger partial charge < -0.3 is 10.1 Å². The highest BCUT2D eigenvalue weighted by Crippen LogP contribution is 2.50. The van der Waals surface area contributed by atoms with Gasteiger partial charge in [-0.15, -0.1) is 0 Å². The van der Waals surface area contributed by atoms with Crippen LogP contribution in [0.1, 0.15) is 33.6 Å². The molecule has 2 atom stereocenters. The molecular weight excluding hydrogens is 178 g/mol. The monoisotopic (exact) mass is 199 g/mol. The van der Waals surface area contributed by atoms with E-state index >= 15 is 0 Å². The SMILES string of the molecule is COC(=O)CC(C)NCC1CC1(C)C. The fraction of sp³-hybridized carbons (Fsp3) is 0.909. The molecule has 1 N–H and O–H groups in total. The van der Waals surface area contributed by atoms with E-state index in [1.807, 2.05) is 6.92 Å². The van der Waals surface area contributed by atoms with Crippen molar-refractivity contribution in [2.75, 3.05) is 13.7 Å². The number of hydrogen-bond acceptors (Lipinski definition) is 3. The Kier molecular flexibility index (Phi) is 3.53. The van der Waals surface area contributed by atoms with Crippen LogP contribution in [0.5, 0.6) is 0 Å². The number of rotatable bonds is 5. The summed E-state index contributed by atoms with van der Waals surface area (Å²) in [4.78, 5) is 10.9. The molecule has 0 heterocycles. The van der Waals surface area contributed by atoms with Crippen LogP contribution in [0.15, 0.2) is 0 Å². The number of nitrogens with one attached hydrogen (secondary N) is 1. The second kappa shape index (κ2) is 4.30. The Morgan fingerprint density at radius 2 is 2.21 bits per heavy atom. The van der Waals surface area contributed by atoms with E-state index in [0.717, 1.165) is 12.5 Å². The number of ether oxygens (including phenoxy) is 1. The third kappa shape index (κ3) is 3.29. The molecule has 3 nitrogen and oxygen atoms in total. The minimum Gasteiger partial charge on any atom is -0.469 e. The molecule has 0 spiro atoms. The van der Waals surface area contributed by atoms with E-state index in [-0.39, 0.29) is 12.0 Å². The van der Waals surface area contributed by atoms with Crippen LogP contribution >= 0.6 is 0 Å². The maximum atomic E-state index is 10.9. The molecule has 3 heteroatoms. The van der Waals surface area contributed by atoms with E-state index in [1.165, 1.54) is 13.5 Å². The van der Waals surface area contributed by atoms with Crippen molar-refractivity contribution in [1.82, 2.24) is 5.32 Å².